The molecule has 1 fully saturated rings. The Bertz CT molecular complexity index is 222. The molecule has 0 saturated heterocycles. The van der Waals surface area contributed by atoms with Crippen molar-refractivity contribution in [3.8, 4) is 6.07 Å². The van der Waals surface area contributed by atoms with Crippen molar-refractivity contribution in [3.63, 3.8) is 0 Å². The molecule has 0 aromatic rings. The van der Waals surface area contributed by atoms with E-state index in [0.717, 1.165) is 39.0 Å². The van der Waals surface area contributed by atoms with E-state index >= 15 is 0 Å². The van der Waals surface area contributed by atoms with E-state index < -0.39 is 0 Å². The molecule has 1 aliphatic rings. The highest BCUT2D eigenvalue weighted by atomic mass is 16.5. The standard InChI is InChI=1S/C13H24N2O/c1-11(2)6-8-16-9-7-15-13-5-3-4-12(13)10-14/h11-13,15H,3-9H2,1-2H3. The zero-order chi connectivity index (χ0) is 11.8. The first-order valence-corrected chi connectivity index (χ1v) is 6.44. The summed E-state index contributed by atoms with van der Waals surface area (Å²) >= 11 is 0. The van der Waals surface area contributed by atoms with Crippen LogP contribution in [0.4, 0.5) is 0 Å². The van der Waals surface area contributed by atoms with Gasteiger partial charge in [0, 0.05) is 19.2 Å². The summed E-state index contributed by atoms with van der Waals surface area (Å²) in [5.74, 6) is 0.932. The molecule has 0 spiro atoms. The SMILES string of the molecule is CC(C)CCOCCNC1CCCC1C#N. The summed E-state index contributed by atoms with van der Waals surface area (Å²) in [4.78, 5) is 0. The normalized spacial score (nSPS) is 24.9. The number of nitriles is 1. The van der Waals surface area contributed by atoms with Crippen molar-refractivity contribution in [2.75, 3.05) is 19.8 Å². The topological polar surface area (TPSA) is 45.0 Å². The Hall–Kier alpha value is -0.590. The number of nitrogens with one attached hydrogen (secondary N) is 1. The van der Waals surface area contributed by atoms with Gasteiger partial charge in [0.05, 0.1) is 18.6 Å². The van der Waals surface area contributed by atoms with Gasteiger partial charge in [0.2, 0.25) is 0 Å². The van der Waals surface area contributed by atoms with Crippen LogP contribution in [0, 0.1) is 23.2 Å². The summed E-state index contributed by atoms with van der Waals surface area (Å²) in [6, 6.07) is 2.78. The third-order valence-corrected chi connectivity index (χ3v) is 3.17. The van der Waals surface area contributed by atoms with E-state index in [9.17, 15) is 0 Å². The maximum Gasteiger partial charge on any atom is 0.0672 e. The van der Waals surface area contributed by atoms with E-state index in [1.54, 1.807) is 0 Å². The molecule has 0 radical (unpaired) electrons. The molecule has 1 saturated carbocycles. The minimum atomic E-state index is 0.218. The summed E-state index contributed by atoms with van der Waals surface area (Å²) in [6.45, 7) is 6.91. The largest absolute Gasteiger partial charge is 0.380 e. The van der Waals surface area contributed by atoms with E-state index in [-0.39, 0.29) is 5.92 Å². The second kappa shape index (κ2) is 7.65. The number of nitrogens with zero attached hydrogens (tertiary/aromatic N) is 1. The first-order chi connectivity index (χ1) is 7.74. The second-order valence-electron chi connectivity index (χ2n) is 5.02. The molecule has 0 aromatic carbocycles. The van der Waals surface area contributed by atoms with Gasteiger partial charge in [0.15, 0.2) is 0 Å². The van der Waals surface area contributed by atoms with Crippen LogP contribution in [0.25, 0.3) is 0 Å². The molecule has 92 valence electrons. The number of ether oxygens (including phenoxy) is 1. The Morgan fingerprint density at radius 1 is 1.38 bits per heavy atom. The van der Waals surface area contributed by atoms with Crippen LogP contribution in [-0.2, 0) is 4.74 Å². The van der Waals surface area contributed by atoms with Gasteiger partial charge in [0.1, 0.15) is 0 Å². The molecule has 0 bridgehead atoms. The first kappa shape index (κ1) is 13.5. The van der Waals surface area contributed by atoms with E-state index in [1.165, 1.54) is 6.42 Å². The fourth-order valence-electron chi connectivity index (χ4n) is 2.10. The van der Waals surface area contributed by atoms with E-state index in [2.05, 4.69) is 25.2 Å². The highest BCUT2D eigenvalue weighted by Crippen LogP contribution is 2.24. The van der Waals surface area contributed by atoms with Gasteiger partial charge in [-0.25, -0.2) is 0 Å². The predicted octanol–water partition coefficient (Wildman–Crippen LogP) is 2.33. The van der Waals surface area contributed by atoms with Crippen LogP contribution in [0.15, 0.2) is 0 Å². The third-order valence-electron chi connectivity index (χ3n) is 3.17. The molecular weight excluding hydrogens is 200 g/mol. The van der Waals surface area contributed by atoms with Gasteiger partial charge in [-0.2, -0.15) is 5.26 Å². The monoisotopic (exact) mass is 224 g/mol. The van der Waals surface area contributed by atoms with Gasteiger partial charge in [-0.1, -0.05) is 20.3 Å². The van der Waals surface area contributed by atoms with Crippen LogP contribution in [0.3, 0.4) is 0 Å². The first-order valence-electron chi connectivity index (χ1n) is 6.44. The zero-order valence-corrected chi connectivity index (χ0v) is 10.5. The molecule has 0 amide bonds. The average molecular weight is 224 g/mol. The minimum absolute atomic E-state index is 0.218. The Morgan fingerprint density at radius 2 is 2.19 bits per heavy atom. The fraction of sp³-hybridized carbons (Fsp3) is 0.923. The maximum absolute atomic E-state index is 8.92. The summed E-state index contributed by atoms with van der Waals surface area (Å²) in [5.41, 5.74) is 0. The second-order valence-corrected chi connectivity index (χ2v) is 5.02. The number of rotatable bonds is 7. The van der Waals surface area contributed by atoms with Gasteiger partial charge in [-0.3, -0.25) is 0 Å². The van der Waals surface area contributed by atoms with Crippen LogP contribution in [0.5, 0.6) is 0 Å². The lowest BCUT2D eigenvalue weighted by atomic mass is 10.1. The minimum Gasteiger partial charge on any atom is -0.380 e. The fourth-order valence-corrected chi connectivity index (χ4v) is 2.10. The van der Waals surface area contributed by atoms with Gasteiger partial charge in [0.25, 0.3) is 0 Å². The zero-order valence-electron chi connectivity index (χ0n) is 10.5. The van der Waals surface area contributed by atoms with Gasteiger partial charge >= 0.3 is 0 Å². The maximum atomic E-state index is 8.92. The van der Waals surface area contributed by atoms with Crippen molar-refractivity contribution in [2.24, 2.45) is 11.8 Å². The van der Waals surface area contributed by atoms with Gasteiger partial charge < -0.3 is 10.1 Å². The molecule has 1 aliphatic carbocycles. The molecule has 1 N–H and O–H groups in total. The summed E-state index contributed by atoms with van der Waals surface area (Å²) in [5, 5.41) is 12.3. The molecule has 0 aliphatic heterocycles. The summed E-state index contributed by atoms with van der Waals surface area (Å²) in [7, 11) is 0. The lowest BCUT2D eigenvalue weighted by Crippen LogP contribution is -2.34. The Kier molecular flexibility index (Phi) is 6.44. The van der Waals surface area contributed by atoms with E-state index in [0.29, 0.717) is 12.0 Å². The summed E-state index contributed by atoms with van der Waals surface area (Å²) < 4.78 is 5.53. The van der Waals surface area contributed by atoms with Crippen LogP contribution in [-0.4, -0.2) is 25.8 Å². The van der Waals surface area contributed by atoms with Crippen LogP contribution >= 0.6 is 0 Å². The van der Waals surface area contributed by atoms with Gasteiger partial charge in [-0.05, 0) is 25.2 Å². The Balaban J connectivity index is 1.97. The molecule has 2 unspecified atom stereocenters. The van der Waals surface area contributed by atoms with E-state index in [1.807, 2.05) is 0 Å². The quantitative estimate of drug-likeness (QED) is 0.675. The van der Waals surface area contributed by atoms with Crippen molar-refractivity contribution in [3.05, 3.63) is 0 Å². The van der Waals surface area contributed by atoms with Gasteiger partial charge in [-0.15, -0.1) is 0 Å². The highest BCUT2D eigenvalue weighted by molar-refractivity contribution is 4.96. The predicted molar refractivity (Wildman–Crippen MR) is 65.0 cm³/mol. The van der Waals surface area contributed by atoms with Crippen molar-refractivity contribution in [1.82, 2.24) is 5.32 Å². The molecule has 0 heterocycles. The van der Waals surface area contributed by atoms with Crippen molar-refractivity contribution >= 4 is 0 Å². The average Bonchev–Trinajstić information content (AvgIpc) is 2.70. The van der Waals surface area contributed by atoms with Crippen LogP contribution in [0.1, 0.15) is 39.5 Å². The van der Waals surface area contributed by atoms with Crippen LogP contribution in [0.2, 0.25) is 0 Å². The lowest BCUT2D eigenvalue weighted by molar-refractivity contribution is 0.123. The van der Waals surface area contributed by atoms with Crippen molar-refractivity contribution < 1.29 is 4.74 Å². The van der Waals surface area contributed by atoms with Crippen LogP contribution < -0.4 is 5.32 Å². The third kappa shape index (κ3) is 4.96. The molecule has 2 atom stereocenters. The highest BCUT2D eigenvalue weighted by Gasteiger charge is 2.25. The van der Waals surface area contributed by atoms with Crippen molar-refractivity contribution in [2.45, 2.75) is 45.6 Å². The van der Waals surface area contributed by atoms with E-state index in [4.69, 9.17) is 10.00 Å². The number of hydrogen-bond acceptors (Lipinski definition) is 3. The summed E-state index contributed by atoms with van der Waals surface area (Å²) in [6.07, 6.45) is 4.51. The lowest BCUT2D eigenvalue weighted by Gasteiger charge is -2.15. The Labute approximate surface area is 99.2 Å². The molecule has 16 heavy (non-hydrogen) atoms. The number of hydrogen-bond donors (Lipinski definition) is 1. The molecule has 3 nitrogen and oxygen atoms in total. The Morgan fingerprint density at radius 3 is 2.88 bits per heavy atom. The smallest absolute Gasteiger partial charge is 0.0672 e. The molecule has 3 heteroatoms. The molecular formula is C13H24N2O. The molecule has 0 aromatic heterocycles. The molecule has 1 rings (SSSR count). The van der Waals surface area contributed by atoms with Crippen molar-refractivity contribution in [1.29, 1.82) is 5.26 Å².